The first kappa shape index (κ1) is 9.71. The van der Waals surface area contributed by atoms with Gasteiger partial charge in [-0.3, -0.25) is 0 Å². The molecule has 14 heavy (non-hydrogen) atoms. The fraction of sp³-hybridized carbons (Fsp3) is 0.727. The number of rotatable bonds is 5. The normalized spacial score (nSPS) is 18.4. The Bertz CT molecular complexity index is 288. The number of imidazole rings is 1. The third-order valence-electron chi connectivity index (χ3n) is 3.10. The largest absolute Gasteiger partial charge is 0.337 e. The highest BCUT2D eigenvalue weighted by Crippen LogP contribution is 2.36. The summed E-state index contributed by atoms with van der Waals surface area (Å²) in [4.78, 5) is 4.27. The maximum absolute atomic E-state index is 4.27. The minimum Gasteiger partial charge on any atom is -0.337 e. The molecule has 2 rings (SSSR count). The van der Waals surface area contributed by atoms with Crippen LogP contribution >= 0.6 is 0 Å². The molecule has 1 aromatic heterocycles. The van der Waals surface area contributed by atoms with Gasteiger partial charge in [-0.2, -0.15) is 0 Å². The van der Waals surface area contributed by atoms with E-state index in [1.54, 1.807) is 0 Å². The van der Waals surface area contributed by atoms with Gasteiger partial charge in [0.2, 0.25) is 0 Å². The Hall–Kier alpha value is -0.830. The second-order valence-corrected chi connectivity index (χ2v) is 4.40. The van der Waals surface area contributed by atoms with Gasteiger partial charge in [-0.15, -0.1) is 0 Å². The number of hydrogen-bond acceptors (Lipinski definition) is 2. The Morgan fingerprint density at radius 1 is 1.64 bits per heavy atom. The summed E-state index contributed by atoms with van der Waals surface area (Å²) in [5.74, 6) is 2.94. The minimum atomic E-state index is 0.829. The Labute approximate surface area is 85.5 Å². The zero-order chi connectivity index (χ0) is 9.97. The average molecular weight is 193 g/mol. The molecular formula is C11H19N3. The fourth-order valence-corrected chi connectivity index (χ4v) is 1.81. The fourth-order valence-electron chi connectivity index (χ4n) is 1.81. The van der Waals surface area contributed by atoms with Crippen LogP contribution in [-0.2, 0) is 13.6 Å². The van der Waals surface area contributed by atoms with Crippen molar-refractivity contribution in [2.45, 2.75) is 26.3 Å². The lowest BCUT2D eigenvalue weighted by Gasteiger charge is -2.10. The van der Waals surface area contributed by atoms with E-state index in [9.17, 15) is 0 Å². The monoisotopic (exact) mass is 193 g/mol. The highest BCUT2D eigenvalue weighted by atomic mass is 15.1. The summed E-state index contributed by atoms with van der Waals surface area (Å²) < 4.78 is 2.06. The van der Waals surface area contributed by atoms with Crippen LogP contribution < -0.4 is 5.32 Å². The summed E-state index contributed by atoms with van der Waals surface area (Å²) in [6.45, 7) is 4.35. The Balaban J connectivity index is 1.69. The molecule has 0 spiro atoms. The molecule has 0 bridgehead atoms. The van der Waals surface area contributed by atoms with E-state index in [1.807, 2.05) is 19.4 Å². The first-order chi connectivity index (χ1) is 6.77. The van der Waals surface area contributed by atoms with Gasteiger partial charge in [0.25, 0.3) is 0 Å². The van der Waals surface area contributed by atoms with Crippen molar-refractivity contribution in [2.24, 2.45) is 18.9 Å². The van der Waals surface area contributed by atoms with E-state index in [0.717, 1.165) is 30.7 Å². The number of nitrogens with zero attached hydrogens (tertiary/aromatic N) is 2. The van der Waals surface area contributed by atoms with Gasteiger partial charge in [0.15, 0.2) is 0 Å². The smallest absolute Gasteiger partial charge is 0.122 e. The summed E-state index contributed by atoms with van der Waals surface area (Å²) in [6, 6.07) is 0. The average Bonchev–Trinajstić information content (AvgIpc) is 2.93. The third kappa shape index (κ3) is 2.35. The van der Waals surface area contributed by atoms with E-state index in [0.29, 0.717) is 0 Å². The van der Waals surface area contributed by atoms with Gasteiger partial charge >= 0.3 is 0 Å². The lowest BCUT2D eigenvalue weighted by Crippen LogP contribution is -2.23. The third-order valence-corrected chi connectivity index (χ3v) is 3.10. The zero-order valence-corrected chi connectivity index (χ0v) is 9.03. The van der Waals surface area contributed by atoms with Crippen LogP contribution in [0, 0.1) is 11.8 Å². The molecule has 0 aromatic carbocycles. The van der Waals surface area contributed by atoms with Gasteiger partial charge in [0.05, 0.1) is 6.54 Å². The van der Waals surface area contributed by atoms with E-state index in [-0.39, 0.29) is 0 Å². The molecule has 1 heterocycles. The SMILES string of the molecule is CC(CNCc1nccn1C)C1CC1. The number of aryl methyl sites for hydroxylation is 1. The van der Waals surface area contributed by atoms with Crippen LogP contribution in [0.15, 0.2) is 12.4 Å². The van der Waals surface area contributed by atoms with Crippen molar-refractivity contribution < 1.29 is 0 Å². The molecular weight excluding hydrogens is 174 g/mol. The van der Waals surface area contributed by atoms with Gasteiger partial charge in [-0.1, -0.05) is 6.92 Å². The molecule has 1 unspecified atom stereocenters. The summed E-state index contributed by atoms with van der Waals surface area (Å²) >= 11 is 0. The first-order valence-electron chi connectivity index (χ1n) is 5.44. The van der Waals surface area contributed by atoms with Gasteiger partial charge in [0.1, 0.15) is 5.82 Å². The van der Waals surface area contributed by atoms with Crippen molar-refractivity contribution in [3.05, 3.63) is 18.2 Å². The van der Waals surface area contributed by atoms with Crippen molar-refractivity contribution in [1.29, 1.82) is 0 Å². The van der Waals surface area contributed by atoms with Gasteiger partial charge in [0, 0.05) is 19.4 Å². The molecule has 3 nitrogen and oxygen atoms in total. The minimum absolute atomic E-state index is 0.829. The topological polar surface area (TPSA) is 29.9 Å². The molecule has 3 heteroatoms. The quantitative estimate of drug-likeness (QED) is 0.769. The van der Waals surface area contributed by atoms with Crippen LogP contribution in [0.25, 0.3) is 0 Å². The number of aromatic nitrogens is 2. The molecule has 1 aromatic rings. The van der Waals surface area contributed by atoms with E-state index in [4.69, 9.17) is 0 Å². The maximum Gasteiger partial charge on any atom is 0.122 e. The molecule has 0 saturated heterocycles. The predicted molar refractivity (Wildman–Crippen MR) is 56.8 cm³/mol. The molecule has 0 aliphatic heterocycles. The predicted octanol–water partition coefficient (Wildman–Crippen LogP) is 1.56. The lowest BCUT2D eigenvalue weighted by atomic mass is 10.1. The van der Waals surface area contributed by atoms with Crippen molar-refractivity contribution in [1.82, 2.24) is 14.9 Å². The van der Waals surface area contributed by atoms with Crippen molar-refractivity contribution >= 4 is 0 Å². The van der Waals surface area contributed by atoms with Crippen LogP contribution in [0.2, 0.25) is 0 Å². The summed E-state index contributed by atoms with van der Waals surface area (Å²) in [5.41, 5.74) is 0. The van der Waals surface area contributed by atoms with Crippen LogP contribution in [0.3, 0.4) is 0 Å². The Kier molecular flexibility index (Phi) is 2.87. The standard InChI is InChI=1S/C11H19N3/c1-9(10-3-4-10)7-12-8-11-13-5-6-14(11)2/h5-6,9-10,12H,3-4,7-8H2,1-2H3. The van der Waals surface area contributed by atoms with Crippen molar-refractivity contribution in [2.75, 3.05) is 6.54 Å². The maximum atomic E-state index is 4.27. The molecule has 1 atom stereocenters. The van der Waals surface area contributed by atoms with Gasteiger partial charge in [-0.25, -0.2) is 4.98 Å². The van der Waals surface area contributed by atoms with E-state index in [1.165, 1.54) is 12.8 Å². The highest BCUT2D eigenvalue weighted by molar-refractivity contribution is 4.90. The molecule has 0 radical (unpaired) electrons. The summed E-state index contributed by atoms with van der Waals surface area (Å²) in [6.07, 6.45) is 6.71. The second-order valence-electron chi connectivity index (χ2n) is 4.40. The second kappa shape index (κ2) is 4.13. The molecule has 0 amide bonds. The molecule has 1 N–H and O–H groups in total. The van der Waals surface area contributed by atoms with E-state index < -0.39 is 0 Å². The number of hydrogen-bond donors (Lipinski definition) is 1. The van der Waals surface area contributed by atoms with Gasteiger partial charge < -0.3 is 9.88 Å². The van der Waals surface area contributed by atoms with Crippen molar-refractivity contribution in [3.63, 3.8) is 0 Å². The molecule has 1 fully saturated rings. The molecule has 1 aliphatic carbocycles. The Morgan fingerprint density at radius 2 is 2.43 bits per heavy atom. The molecule has 1 aliphatic rings. The molecule has 78 valence electrons. The highest BCUT2D eigenvalue weighted by Gasteiger charge is 2.27. The lowest BCUT2D eigenvalue weighted by molar-refractivity contribution is 0.455. The zero-order valence-electron chi connectivity index (χ0n) is 9.03. The van der Waals surface area contributed by atoms with Crippen LogP contribution in [0.4, 0.5) is 0 Å². The van der Waals surface area contributed by atoms with Gasteiger partial charge in [-0.05, 0) is 31.2 Å². The number of nitrogens with one attached hydrogen (secondary N) is 1. The van der Waals surface area contributed by atoms with E-state index in [2.05, 4.69) is 21.8 Å². The summed E-state index contributed by atoms with van der Waals surface area (Å²) in [7, 11) is 2.04. The van der Waals surface area contributed by atoms with Crippen LogP contribution in [0.5, 0.6) is 0 Å². The first-order valence-corrected chi connectivity index (χ1v) is 5.44. The Morgan fingerprint density at radius 3 is 3.00 bits per heavy atom. The molecule has 1 saturated carbocycles. The van der Waals surface area contributed by atoms with Crippen molar-refractivity contribution in [3.8, 4) is 0 Å². The summed E-state index contributed by atoms with van der Waals surface area (Å²) in [5, 5.41) is 3.47. The van der Waals surface area contributed by atoms with Crippen LogP contribution in [0.1, 0.15) is 25.6 Å². The van der Waals surface area contributed by atoms with Crippen LogP contribution in [-0.4, -0.2) is 16.1 Å². The van der Waals surface area contributed by atoms with E-state index >= 15 is 0 Å².